The van der Waals surface area contributed by atoms with Crippen LogP contribution in [0.5, 0.6) is 5.75 Å². The summed E-state index contributed by atoms with van der Waals surface area (Å²) in [5.41, 5.74) is 0.125. The molecule has 0 atom stereocenters. The highest BCUT2D eigenvalue weighted by atomic mass is 19.4. The van der Waals surface area contributed by atoms with Crippen LogP contribution in [0.4, 0.5) is 13.2 Å². The number of hydrogen-bond acceptors (Lipinski definition) is 2. The van der Waals surface area contributed by atoms with E-state index in [4.69, 9.17) is 0 Å². The predicted octanol–water partition coefficient (Wildman–Crippen LogP) is 3.36. The quantitative estimate of drug-likeness (QED) is 0.908. The Bertz CT molecular complexity index is 403. The predicted molar refractivity (Wildman–Crippen MR) is 62.5 cm³/mol. The highest BCUT2D eigenvalue weighted by Gasteiger charge is 2.31. The second kappa shape index (κ2) is 6.28. The molecule has 1 amide bonds. The Hall–Kier alpha value is -1.72. The van der Waals surface area contributed by atoms with Crippen molar-refractivity contribution in [3.8, 4) is 5.75 Å². The lowest BCUT2D eigenvalue weighted by Gasteiger charge is -2.11. The van der Waals surface area contributed by atoms with Gasteiger partial charge in [0.05, 0.1) is 0 Å². The molecule has 1 N–H and O–H groups in total. The van der Waals surface area contributed by atoms with E-state index in [-0.39, 0.29) is 19.0 Å². The maximum Gasteiger partial charge on any atom is 0.573 e. The lowest BCUT2D eigenvalue weighted by atomic mass is 10.2. The maximum atomic E-state index is 12.0. The number of hydrogen-bond donors (Lipinski definition) is 1. The van der Waals surface area contributed by atoms with Crippen LogP contribution in [0, 0.1) is 0 Å². The number of nitrogens with one attached hydrogen (secondary N) is 1. The molecule has 0 fully saturated rings. The third-order valence-corrected chi connectivity index (χ3v) is 1.75. The zero-order chi connectivity index (χ0) is 13.1. The van der Waals surface area contributed by atoms with Crippen molar-refractivity contribution in [1.82, 2.24) is 5.32 Å². The average molecular weight is 263 g/mol. The van der Waals surface area contributed by atoms with Gasteiger partial charge in [-0.1, -0.05) is 13.5 Å². The van der Waals surface area contributed by atoms with E-state index < -0.39 is 18.0 Å². The number of benzene rings is 1. The number of ether oxygens (including phenoxy) is 1. The Labute approximate surface area is 104 Å². The van der Waals surface area contributed by atoms with Gasteiger partial charge >= 0.3 is 6.36 Å². The summed E-state index contributed by atoms with van der Waals surface area (Å²) in [6, 6.07) is 4.84. The molecule has 0 unspecified atom stereocenters. The Morgan fingerprint density at radius 2 is 1.94 bits per heavy atom. The zero-order valence-electron chi connectivity index (χ0n) is 9.34. The molecule has 0 saturated heterocycles. The van der Waals surface area contributed by atoms with Crippen molar-refractivity contribution < 1.29 is 22.7 Å². The molecule has 0 heterocycles. The van der Waals surface area contributed by atoms with E-state index >= 15 is 0 Å². The fourth-order valence-electron chi connectivity index (χ4n) is 1.18. The van der Waals surface area contributed by atoms with Gasteiger partial charge in [-0.05, 0) is 32.0 Å². The maximum absolute atomic E-state index is 12.0. The van der Waals surface area contributed by atoms with Gasteiger partial charge in [0.25, 0.3) is 5.91 Å². The molecule has 1 aromatic rings. The largest absolute Gasteiger partial charge is 0.573 e. The first-order valence-corrected chi connectivity index (χ1v) is 4.94. The highest BCUT2D eigenvalue weighted by Crippen LogP contribution is 2.23. The molecule has 0 aliphatic rings. The molecule has 1 rings (SSSR count). The summed E-state index contributed by atoms with van der Waals surface area (Å²) in [4.78, 5) is 11.5. The highest BCUT2D eigenvalue weighted by molar-refractivity contribution is 5.94. The fraction of sp³-hybridized carbons (Fsp3) is 0.417. The standard InChI is InChI=1S/C11H12F3NO2.CH4/c1-7(2)15-10(16)8-4-3-5-9(6-8)17-11(12,13)14;/h3-7H,1-2H3,(H,15,16);1H4. The third-order valence-electron chi connectivity index (χ3n) is 1.75. The summed E-state index contributed by atoms with van der Waals surface area (Å²) < 4.78 is 39.6. The second-order valence-electron chi connectivity index (χ2n) is 3.70. The zero-order valence-corrected chi connectivity index (χ0v) is 9.34. The van der Waals surface area contributed by atoms with Gasteiger partial charge in [-0.15, -0.1) is 13.2 Å². The molecule has 1 aromatic carbocycles. The third kappa shape index (κ3) is 5.56. The molecule has 102 valence electrons. The van der Waals surface area contributed by atoms with Crippen molar-refractivity contribution in [3.63, 3.8) is 0 Å². The van der Waals surface area contributed by atoms with Gasteiger partial charge in [-0.3, -0.25) is 4.79 Å². The Balaban J connectivity index is 0.00000289. The lowest BCUT2D eigenvalue weighted by Crippen LogP contribution is -2.30. The van der Waals surface area contributed by atoms with Crippen LogP contribution in [-0.2, 0) is 0 Å². The monoisotopic (exact) mass is 263 g/mol. The van der Waals surface area contributed by atoms with Gasteiger partial charge < -0.3 is 10.1 Å². The van der Waals surface area contributed by atoms with Crippen LogP contribution in [0.1, 0.15) is 31.6 Å². The average Bonchev–Trinajstić information content (AvgIpc) is 2.14. The molecular formula is C12H16F3NO2. The van der Waals surface area contributed by atoms with Gasteiger partial charge in [-0.2, -0.15) is 0 Å². The molecule has 0 aromatic heterocycles. The van der Waals surface area contributed by atoms with Crippen LogP contribution in [-0.4, -0.2) is 18.3 Å². The first-order valence-electron chi connectivity index (χ1n) is 4.94. The van der Waals surface area contributed by atoms with Gasteiger partial charge in [0.15, 0.2) is 0 Å². The van der Waals surface area contributed by atoms with Crippen LogP contribution in [0.15, 0.2) is 24.3 Å². The number of halogens is 3. The summed E-state index contributed by atoms with van der Waals surface area (Å²) in [6.45, 7) is 3.52. The summed E-state index contributed by atoms with van der Waals surface area (Å²) in [5.74, 6) is -0.846. The summed E-state index contributed by atoms with van der Waals surface area (Å²) >= 11 is 0. The van der Waals surface area contributed by atoms with Gasteiger partial charge in [0.2, 0.25) is 0 Å². The van der Waals surface area contributed by atoms with E-state index in [1.807, 2.05) is 0 Å². The summed E-state index contributed by atoms with van der Waals surface area (Å²) in [7, 11) is 0. The van der Waals surface area contributed by atoms with E-state index in [2.05, 4.69) is 10.1 Å². The van der Waals surface area contributed by atoms with E-state index in [0.29, 0.717) is 0 Å². The molecule has 0 radical (unpaired) electrons. The number of amides is 1. The summed E-state index contributed by atoms with van der Waals surface area (Å²) in [5, 5.41) is 2.57. The summed E-state index contributed by atoms with van der Waals surface area (Å²) in [6.07, 6.45) is -4.76. The van der Waals surface area contributed by atoms with Gasteiger partial charge in [0, 0.05) is 11.6 Å². The second-order valence-corrected chi connectivity index (χ2v) is 3.70. The van der Waals surface area contributed by atoms with Crippen molar-refractivity contribution >= 4 is 5.91 Å². The van der Waals surface area contributed by atoms with Gasteiger partial charge in [-0.25, -0.2) is 0 Å². The SMILES string of the molecule is C.CC(C)NC(=O)c1cccc(OC(F)(F)F)c1. The first kappa shape index (κ1) is 16.3. The normalized spacial score (nSPS) is 10.8. The molecule has 0 saturated carbocycles. The molecular weight excluding hydrogens is 247 g/mol. The Kier molecular flexibility index (Phi) is 5.68. The van der Waals surface area contributed by atoms with Crippen molar-refractivity contribution in [1.29, 1.82) is 0 Å². The minimum atomic E-state index is -4.76. The van der Waals surface area contributed by atoms with Crippen molar-refractivity contribution in [2.45, 2.75) is 33.7 Å². The number of carbonyl (C=O) groups excluding carboxylic acids is 1. The minimum Gasteiger partial charge on any atom is -0.406 e. The molecule has 18 heavy (non-hydrogen) atoms. The molecule has 0 aliphatic heterocycles. The van der Waals surface area contributed by atoms with Crippen molar-refractivity contribution in [2.75, 3.05) is 0 Å². The Morgan fingerprint density at radius 1 is 1.33 bits per heavy atom. The lowest BCUT2D eigenvalue weighted by molar-refractivity contribution is -0.274. The molecule has 3 nitrogen and oxygen atoms in total. The van der Waals surface area contributed by atoms with E-state index in [0.717, 1.165) is 12.1 Å². The first-order chi connectivity index (χ1) is 7.78. The smallest absolute Gasteiger partial charge is 0.406 e. The van der Waals surface area contributed by atoms with Crippen LogP contribution >= 0.6 is 0 Å². The van der Waals surface area contributed by atoms with Crippen molar-refractivity contribution in [3.05, 3.63) is 29.8 Å². The van der Waals surface area contributed by atoms with Crippen LogP contribution in [0.3, 0.4) is 0 Å². The van der Waals surface area contributed by atoms with E-state index in [9.17, 15) is 18.0 Å². The van der Waals surface area contributed by atoms with Crippen molar-refractivity contribution in [2.24, 2.45) is 0 Å². The number of alkyl halides is 3. The van der Waals surface area contributed by atoms with Gasteiger partial charge in [0.1, 0.15) is 5.75 Å². The number of carbonyl (C=O) groups is 1. The van der Waals surface area contributed by atoms with Crippen LogP contribution < -0.4 is 10.1 Å². The molecule has 0 spiro atoms. The molecule has 0 aliphatic carbocycles. The topological polar surface area (TPSA) is 38.3 Å². The van der Waals surface area contributed by atoms with Crippen LogP contribution in [0.25, 0.3) is 0 Å². The van der Waals surface area contributed by atoms with E-state index in [1.165, 1.54) is 12.1 Å². The molecule has 0 bridgehead atoms. The number of rotatable bonds is 3. The molecule has 6 heteroatoms. The Morgan fingerprint density at radius 3 is 2.44 bits per heavy atom. The van der Waals surface area contributed by atoms with E-state index in [1.54, 1.807) is 13.8 Å². The minimum absolute atomic E-state index is 0. The fourth-order valence-corrected chi connectivity index (χ4v) is 1.18. The van der Waals surface area contributed by atoms with Crippen LogP contribution in [0.2, 0.25) is 0 Å².